The van der Waals surface area contributed by atoms with Gasteiger partial charge in [-0.05, 0) is 19.1 Å². The van der Waals surface area contributed by atoms with Gasteiger partial charge in [0.2, 0.25) is 0 Å². The minimum Gasteiger partial charge on any atom is -0.478 e. The number of carboxylic acids is 1. The average molecular weight is 228 g/mol. The maximum atomic E-state index is 10.8. The summed E-state index contributed by atoms with van der Waals surface area (Å²) < 4.78 is 0.914. The summed E-state index contributed by atoms with van der Waals surface area (Å²) in [6, 6.07) is 3.24. The van der Waals surface area contributed by atoms with Gasteiger partial charge in [0, 0.05) is 0 Å². The molecule has 0 aliphatic heterocycles. The Hall–Kier alpha value is -1.13. The molecular formula is C9H6ClNO2S. The van der Waals surface area contributed by atoms with Crippen molar-refractivity contribution in [2.45, 2.75) is 6.92 Å². The third-order valence-corrected chi connectivity index (χ3v) is 3.16. The van der Waals surface area contributed by atoms with E-state index in [2.05, 4.69) is 4.98 Å². The average Bonchev–Trinajstić information content (AvgIpc) is 2.46. The normalized spacial score (nSPS) is 10.7. The van der Waals surface area contributed by atoms with Gasteiger partial charge in [-0.2, -0.15) is 0 Å². The molecule has 0 aliphatic carbocycles. The Morgan fingerprint density at radius 2 is 2.29 bits per heavy atom. The van der Waals surface area contributed by atoms with Gasteiger partial charge in [0.1, 0.15) is 5.52 Å². The molecule has 0 saturated heterocycles. The van der Waals surface area contributed by atoms with Gasteiger partial charge in [0.15, 0.2) is 0 Å². The fraction of sp³-hybridized carbons (Fsp3) is 0.111. The zero-order valence-corrected chi connectivity index (χ0v) is 8.82. The van der Waals surface area contributed by atoms with E-state index in [4.69, 9.17) is 16.7 Å². The molecule has 3 nitrogen and oxygen atoms in total. The quantitative estimate of drug-likeness (QED) is 0.815. The minimum atomic E-state index is -1.03. The van der Waals surface area contributed by atoms with E-state index in [1.54, 1.807) is 6.07 Å². The number of rotatable bonds is 1. The lowest BCUT2D eigenvalue weighted by Crippen LogP contribution is -1.96. The highest BCUT2D eigenvalue weighted by atomic mass is 35.5. The van der Waals surface area contributed by atoms with E-state index in [-0.39, 0.29) is 10.6 Å². The van der Waals surface area contributed by atoms with Crippen LogP contribution in [0.2, 0.25) is 5.02 Å². The number of thiazole rings is 1. The minimum absolute atomic E-state index is 0.101. The predicted molar refractivity (Wildman–Crippen MR) is 56.3 cm³/mol. The second kappa shape index (κ2) is 3.22. The summed E-state index contributed by atoms with van der Waals surface area (Å²) >= 11 is 7.41. The lowest BCUT2D eigenvalue weighted by atomic mass is 10.2. The molecule has 2 aromatic rings. The lowest BCUT2D eigenvalue weighted by Gasteiger charge is -1.97. The fourth-order valence-electron chi connectivity index (χ4n) is 1.24. The van der Waals surface area contributed by atoms with E-state index in [9.17, 15) is 4.79 Å². The van der Waals surface area contributed by atoms with Crippen molar-refractivity contribution >= 4 is 39.1 Å². The third-order valence-electron chi connectivity index (χ3n) is 1.84. The van der Waals surface area contributed by atoms with Gasteiger partial charge in [-0.25, -0.2) is 9.78 Å². The molecule has 72 valence electrons. The molecule has 1 N–H and O–H groups in total. The van der Waals surface area contributed by atoms with Crippen LogP contribution in [0.25, 0.3) is 10.2 Å². The molecule has 0 atom stereocenters. The molecule has 0 amide bonds. The van der Waals surface area contributed by atoms with E-state index >= 15 is 0 Å². The Labute approximate surface area is 89.0 Å². The Balaban J connectivity index is 2.80. The maximum Gasteiger partial charge on any atom is 0.337 e. The van der Waals surface area contributed by atoms with Gasteiger partial charge < -0.3 is 5.11 Å². The van der Waals surface area contributed by atoms with Crippen LogP contribution in [0.5, 0.6) is 0 Å². The van der Waals surface area contributed by atoms with E-state index in [0.29, 0.717) is 5.52 Å². The van der Waals surface area contributed by atoms with Crippen molar-refractivity contribution in [3.8, 4) is 0 Å². The molecule has 2 rings (SSSR count). The van der Waals surface area contributed by atoms with E-state index in [1.165, 1.54) is 17.4 Å². The maximum absolute atomic E-state index is 10.8. The summed E-state index contributed by atoms with van der Waals surface area (Å²) in [6.07, 6.45) is 0. The number of hydrogen-bond acceptors (Lipinski definition) is 3. The van der Waals surface area contributed by atoms with Gasteiger partial charge in [0.05, 0.1) is 20.3 Å². The molecule has 14 heavy (non-hydrogen) atoms. The van der Waals surface area contributed by atoms with Gasteiger partial charge in [-0.15, -0.1) is 11.3 Å². The van der Waals surface area contributed by atoms with Crippen LogP contribution in [0.1, 0.15) is 15.4 Å². The SMILES string of the molecule is Cc1nc2c(Cl)c(C(=O)O)ccc2s1. The lowest BCUT2D eigenvalue weighted by molar-refractivity contribution is 0.0697. The van der Waals surface area contributed by atoms with Crippen LogP contribution in [0.3, 0.4) is 0 Å². The molecule has 0 radical (unpaired) electrons. The number of carbonyl (C=O) groups is 1. The number of fused-ring (bicyclic) bond motifs is 1. The van der Waals surface area contributed by atoms with Crippen LogP contribution >= 0.6 is 22.9 Å². The van der Waals surface area contributed by atoms with Crippen LogP contribution in [-0.2, 0) is 0 Å². The molecule has 0 aliphatic rings. The zero-order valence-electron chi connectivity index (χ0n) is 7.24. The van der Waals surface area contributed by atoms with Crippen molar-refractivity contribution < 1.29 is 9.90 Å². The van der Waals surface area contributed by atoms with Crippen LogP contribution < -0.4 is 0 Å². The largest absolute Gasteiger partial charge is 0.478 e. The summed E-state index contributed by atoms with van der Waals surface area (Å²) in [6.45, 7) is 1.86. The molecule has 0 bridgehead atoms. The number of aromatic nitrogens is 1. The molecular weight excluding hydrogens is 222 g/mol. The monoisotopic (exact) mass is 227 g/mol. The summed E-state index contributed by atoms with van der Waals surface area (Å²) in [7, 11) is 0. The van der Waals surface area contributed by atoms with E-state index in [0.717, 1.165) is 9.71 Å². The second-order valence-electron chi connectivity index (χ2n) is 2.81. The number of nitrogens with zero attached hydrogens (tertiary/aromatic N) is 1. The molecule has 0 unspecified atom stereocenters. The molecule has 0 fully saturated rings. The van der Waals surface area contributed by atoms with Crippen molar-refractivity contribution in [3.05, 3.63) is 27.7 Å². The molecule has 1 aromatic heterocycles. The van der Waals surface area contributed by atoms with Crippen LogP contribution in [0.4, 0.5) is 0 Å². The zero-order chi connectivity index (χ0) is 10.3. The van der Waals surface area contributed by atoms with Crippen molar-refractivity contribution in [2.24, 2.45) is 0 Å². The highest BCUT2D eigenvalue weighted by molar-refractivity contribution is 7.18. The van der Waals surface area contributed by atoms with Crippen molar-refractivity contribution in [3.63, 3.8) is 0 Å². The topological polar surface area (TPSA) is 50.2 Å². The second-order valence-corrected chi connectivity index (χ2v) is 4.42. The van der Waals surface area contributed by atoms with Crippen LogP contribution in [0, 0.1) is 6.92 Å². The van der Waals surface area contributed by atoms with Crippen molar-refractivity contribution in [1.29, 1.82) is 0 Å². The smallest absolute Gasteiger partial charge is 0.337 e. The summed E-state index contributed by atoms with van der Waals surface area (Å²) in [5.74, 6) is -1.03. The summed E-state index contributed by atoms with van der Waals surface area (Å²) in [5.41, 5.74) is 0.679. The van der Waals surface area contributed by atoms with E-state index < -0.39 is 5.97 Å². The molecule has 0 saturated carbocycles. The first-order valence-electron chi connectivity index (χ1n) is 3.88. The third kappa shape index (κ3) is 1.36. The summed E-state index contributed by atoms with van der Waals surface area (Å²) in [5, 5.41) is 9.92. The Morgan fingerprint density at radius 3 is 2.93 bits per heavy atom. The number of aromatic carboxylic acids is 1. The standard InChI is InChI=1S/C9H6ClNO2S/c1-4-11-8-6(14-4)3-2-5(7(8)10)9(12)13/h2-3H,1H3,(H,12,13). The summed E-state index contributed by atoms with van der Waals surface area (Å²) in [4.78, 5) is 14.9. The molecule has 1 heterocycles. The Bertz CT molecular complexity index is 521. The predicted octanol–water partition coefficient (Wildman–Crippen LogP) is 2.96. The number of halogens is 1. The highest BCUT2D eigenvalue weighted by Crippen LogP contribution is 2.30. The van der Waals surface area contributed by atoms with Gasteiger partial charge in [-0.3, -0.25) is 0 Å². The fourth-order valence-corrected chi connectivity index (χ4v) is 2.42. The number of benzene rings is 1. The number of hydrogen-bond donors (Lipinski definition) is 1. The number of aryl methyl sites for hydroxylation is 1. The first kappa shape index (κ1) is 9.43. The van der Waals surface area contributed by atoms with Crippen LogP contribution in [0.15, 0.2) is 12.1 Å². The van der Waals surface area contributed by atoms with Crippen molar-refractivity contribution in [1.82, 2.24) is 4.98 Å². The van der Waals surface area contributed by atoms with Gasteiger partial charge in [0.25, 0.3) is 0 Å². The molecule has 0 spiro atoms. The Morgan fingerprint density at radius 1 is 1.57 bits per heavy atom. The molecule has 5 heteroatoms. The van der Waals surface area contributed by atoms with Gasteiger partial charge >= 0.3 is 5.97 Å². The highest BCUT2D eigenvalue weighted by Gasteiger charge is 2.13. The Kier molecular flexibility index (Phi) is 2.17. The molecule has 1 aromatic carbocycles. The van der Waals surface area contributed by atoms with Gasteiger partial charge in [-0.1, -0.05) is 11.6 Å². The first-order valence-corrected chi connectivity index (χ1v) is 5.08. The first-order chi connectivity index (χ1) is 6.59. The number of carboxylic acid groups (broad SMARTS) is 1. The van der Waals surface area contributed by atoms with E-state index in [1.807, 2.05) is 6.92 Å². The van der Waals surface area contributed by atoms with Crippen LogP contribution in [-0.4, -0.2) is 16.1 Å². The van der Waals surface area contributed by atoms with Crippen molar-refractivity contribution in [2.75, 3.05) is 0 Å².